The van der Waals surface area contributed by atoms with E-state index in [1.165, 1.54) is 0 Å². The second-order valence-electron chi connectivity index (χ2n) is 3.27. The van der Waals surface area contributed by atoms with E-state index >= 15 is 0 Å². The number of hydrogen-bond donors (Lipinski definition) is 2. The van der Waals surface area contributed by atoms with Crippen LogP contribution in [0.3, 0.4) is 0 Å². The topological polar surface area (TPSA) is 50.9 Å². The van der Waals surface area contributed by atoms with Crippen molar-refractivity contribution in [3.05, 3.63) is 54.4 Å². The molecule has 1 heterocycles. The fourth-order valence-corrected chi connectivity index (χ4v) is 1.55. The van der Waals surface area contributed by atoms with Crippen LogP contribution in [0.25, 0.3) is 11.1 Å². The Balaban J connectivity index is 2.40. The Hall–Kier alpha value is -1.78. The predicted octanol–water partition coefficient (Wildman–Crippen LogP) is 1.89. The van der Waals surface area contributed by atoms with E-state index in [1.54, 1.807) is 6.20 Å². The van der Waals surface area contributed by atoms with Gasteiger partial charge < -0.3 is 5.43 Å². The van der Waals surface area contributed by atoms with Gasteiger partial charge in [0, 0.05) is 6.20 Å². The van der Waals surface area contributed by atoms with E-state index in [-0.39, 0.29) is 0 Å². The molecule has 0 atom stereocenters. The van der Waals surface area contributed by atoms with Gasteiger partial charge in [-0.2, -0.15) is 0 Å². The summed E-state index contributed by atoms with van der Waals surface area (Å²) in [6.07, 6.45) is 1.72. The molecule has 0 bridgehead atoms. The average Bonchev–Trinajstić information content (AvgIpc) is 2.39. The van der Waals surface area contributed by atoms with Crippen molar-refractivity contribution in [3.63, 3.8) is 0 Å². The summed E-state index contributed by atoms with van der Waals surface area (Å²) in [5.41, 5.74) is 5.31. The van der Waals surface area contributed by atoms with Crippen LogP contribution >= 0.6 is 12.2 Å². The highest BCUT2D eigenvalue weighted by Gasteiger charge is 2.03. The van der Waals surface area contributed by atoms with E-state index in [4.69, 9.17) is 18.1 Å². The highest BCUT2D eigenvalue weighted by molar-refractivity contribution is 7.80. The largest absolute Gasteiger partial charge is 0.313 e. The number of nitrogens with two attached hydrogens (primary N) is 1. The molecule has 3 N–H and O–H groups in total. The molecule has 0 aliphatic rings. The fraction of sp³-hybridized carbons (Fsp3) is 0. The Morgan fingerprint density at radius 1 is 1.12 bits per heavy atom. The lowest BCUT2D eigenvalue weighted by Gasteiger charge is -2.05. The molecule has 0 radical (unpaired) electrons. The third-order valence-corrected chi connectivity index (χ3v) is 2.56. The lowest BCUT2D eigenvalue weighted by atomic mass is 10.1. The van der Waals surface area contributed by atoms with Crippen molar-refractivity contribution < 1.29 is 0 Å². The Labute approximate surface area is 99.3 Å². The highest BCUT2D eigenvalue weighted by Crippen LogP contribution is 2.18. The van der Waals surface area contributed by atoms with Crippen molar-refractivity contribution in [2.45, 2.75) is 0 Å². The normalized spacial score (nSPS) is 9.81. The van der Waals surface area contributed by atoms with Crippen LogP contribution in [0.15, 0.2) is 48.7 Å². The van der Waals surface area contributed by atoms with E-state index in [0.717, 1.165) is 11.1 Å². The number of nitrogens with zero attached hydrogens (tertiary/aromatic N) is 1. The van der Waals surface area contributed by atoms with Crippen LogP contribution < -0.4 is 11.3 Å². The Bertz CT molecular complexity index is 497. The zero-order chi connectivity index (χ0) is 11.4. The van der Waals surface area contributed by atoms with Gasteiger partial charge in [0.1, 0.15) is 4.99 Å². The zero-order valence-electron chi connectivity index (χ0n) is 8.55. The van der Waals surface area contributed by atoms with Gasteiger partial charge in [-0.3, -0.25) is 4.98 Å². The number of hydrogen-bond acceptors (Lipinski definition) is 3. The summed E-state index contributed by atoms with van der Waals surface area (Å²) >= 11 is 5.03. The van der Waals surface area contributed by atoms with Gasteiger partial charge in [0.2, 0.25) is 0 Å². The lowest BCUT2D eigenvalue weighted by Crippen LogP contribution is -2.29. The molecule has 80 valence electrons. The molecule has 16 heavy (non-hydrogen) atoms. The van der Waals surface area contributed by atoms with Crippen molar-refractivity contribution in [1.29, 1.82) is 0 Å². The van der Waals surface area contributed by atoms with E-state index in [1.807, 2.05) is 42.5 Å². The summed E-state index contributed by atoms with van der Waals surface area (Å²) in [6, 6.07) is 13.9. The van der Waals surface area contributed by atoms with E-state index < -0.39 is 0 Å². The molecule has 0 fully saturated rings. The van der Waals surface area contributed by atoms with Crippen LogP contribution in [0.2, 0.25) is 0 Å². The number of pyridine rings is 1. The molecule has 0 aliphatic carbocycles. The van der Waals surface area contributed by atoms with Crippen molar-refractivity contribution >= 4 is 17.2 Å². The molecule has 1 aromatic heterocycles. The zero-order valence-corrected chi connectivity index (χ0v) is 9.37. The summed E-state index contributed by atoms with van der Waals surface area (Å²) in [5, 5.41) is 0. The molecule has 0 saturated heterocycles. The van der Waals surface area contributed by atoms with E-state index in [0.29, 0.717) is 10.7 Å². The Morgan fingerprint density at radius 3 is 2.56 bits per heavy atom. The van der Waals surface area contributed by atoms with Crippen molar-refractivity contribution in [2.75, 3.05) is 0 Å². The molecule has 3 nitrogen and oxygen atoms in total. The molecule has 2 aromatic rings. The van der Waals surface area contributed by atoms with E-state index in [9.17, 15) is 0 Å². The first kappa shape index (κ1) is 10.7. The molecule has 0 amide bonds. The number of nitrogens with one attached hydrogen (secondary N) is 1. The second-order valence-corrected chi connectivity index (χ2v) is 3.68. The summed E-state index contributed by atoms with van der Waals surface area (Å²) < 4.78 is 0. The molecule has 0 aliphatic heterocycles. The standard InChI is InChI=1S/C12H11N3S/c13-15-12(16)11-8-10(6-7-14-11)9-4-2-1-3-5-9/h1-8H,13H2,(H,15,16). The highest BCUT2D eigenvalue weighted by atomic mass is 32.1. The first-order valence-electron chi connectivity index (χ1n) is 4.83. The molecule has 2 rings (SSSR count). The van der Waals surface area contributed by atoms with Gasteiger partial charge >= 0.3 is 0 Å². The first-order valence-corrected chi connectivity index (χ1v) is 5.24. The second kappa shape index (κ2) is 4.83. The van der Waals surface area contributed by atoms with Crippen LogP contribution in [0.5, 0.6) is 0 Å². The Morgan fingerprint density at radius 2 is 1.88 bits per heavy atom. The molecular weight excluding hydrogens is 218 g/mol. The summed E-state index contributed by atoms with van der Waals surface area (Å²) in [5.74, 6) is 5.26. The van der Waals surface area contributed by atoms with Crippen LogP contribution in [-0.4, -0.2) is 9.97 Å². The van der Waals surface area contributed by atoms with Gasteiger partial charge in [0.05, 0.1) is 5.69 Å². The lowest BCUT2D eigenvalue weighted by molar-refractivity contribution is 1.04. The minimum atomic E-state index is 0.442. The smallest absolute Gasteiger partial charge is 0.139 e. The maximum atomic E-state index is 5.26. The molecule has 1 aromatic carbocycles. The predicted molar refractivity (Wildman–Crippen MR) is 68.7 cm³/mol. The molecule has 0 unspecified atom stereocenters. The minimum Gasteiger partial charge on any atom is -0.313 e. The molecule has 0 spiro atoms. The van der Waals surface area contributed by atoms with Crippen molar-refractivity contribution in [2.24, 2.45) is 5.84 Å². The number of hydrazine groups is 1. The third kappa shape index (κ3) is 2.24. The fourth-order valence-electron chi connectivity index (χ4n) is 1.44. The minimum absolute atomic E-state index is 0.442. The number of aromatic nitrogens is 1. The monoisotopic (exact) mass is 229 g/mol. The summed E-state index contributed by atoms with van der Waals surface area (Å²) in [6.45, 7) is 0. The summed E-state index contributed by atoms with van der Waals surface area (Å²) in [4.78, 5) is 4.59. The quantitative estimate of drug-likeness (QED) is 0.469. The van der Waals surface area contributed by atoms with Crippen molar-refractivity contribution in [1.82, 2.24) is 10.4 Å². The van der Waals surface area contributed by atoms with E-state index in [2.05, 4.69) is 10.4 Å². The Kier molecular flexibility index (Phi) is 3.24. The number of rotatable bonds is 2. The van der Waals surface area contributed by atoms with Crippen LogP contribution in [0.4, 0.5) is 0 Å². The summed E-state index contributed by atoms with van der Waals surface area (Å²) in [7, 11) is 0. The maximum Gasteiger partial charge on any atom is 0.139 e. The van der Waals surface area contributed by atoms with Gasteiger partial charge in [-0.05, 0) is 23.3 Å². The van der Waals surface area contributed by atoms with Crippen LogP contribution in [-0.2, 0) is 0 Å². The van der Waals surface area contributed by atoms with Gasteiger partial charge in [-0.1, -0.05) is 42.5 Å². The van der Waals surface area contributed by atoms with Gasteiger partial charge in [0.15, 0.2) is 0 Å². The average molecular weight is 229 g/mol. The number of thiocarbonyl (C=S) groups is 1. The molecular formula is C12H11N3S. The maximum absolute atomic E-state index is 5.26. The van der Waals surface area contributed by atoms with Crippen molar-refractivity contribution in [3.8, 4) is 11.1 Å². The van der Waals surface area contributed by atoms with Crippen LogP contribution in [0, 0.1) is 0 Å². The van der Waals surface area contributed by atoms with Gasteiger partial charge in [-0.25, -0.2) is 5.84 Å². The molecule has 4 heteroatoms. The van der Waals surface area contributed by atoms with Gasteiger partial charge in [0.25, 0.3) is 0 Å². The third-order valence-electron chi connectivity index (χ3n) is 2.23. The SMILES string of the molecule is NNC(=S)c1cc(-c2ccccc2)ccn1. The number of benzene rings is 1. The first-order chi connectivity index (χ1) is 7.81. The van der Waals surface area contributed by atoms with Crippen LogP contribution in [0.1, 0.15) is 5.69 Å². The van der Waals surface area contributed by atoms with Gasteiger partial charge in [-0.15, -0.1) is 0 Å². The molecule has 0 saturated carbocycles.